The highest BCUT2D eigenvalue weighted by atomic mass is 32.1. The molecule has 1 unspecified atom stereocenters. The number of aliphatic imine (C=N–C) groups is 1. The maximum absolute atomic E-state index is 10.5. The summed E-state index contributed by atoms with van der Waals surface area (Å²) in [4.78, 5) is 7.68. The van der Waals surface area contributed by atoms with Crippen LogP contribution in [0, 0.1) is 0 Å². The third-order valence-electron chi connectivity index (χ3n) is 5.16. The minimum absolute atomic E-state index is 0.449. The van der Waals surface area contributed by atoms with Gasteiger partial charge >= 0.3 is 0 Å². The second-order valence-electron chi connectivity index (χ2n) is 7.00. The van der Waals surface area contributed by atoms with Gasteiger partial charge in [0.25, 0.3) is 0 Å². The maximum Gasteiger partial charge on any atom is 0.191 e. The van der Waals surface area contributed by atoms with Crippen molar-refractivity contribution in [1.82, 2.24) is 15.5 Å². The van der Waals surface area contributed by atoms with Crippen molar-refractivity contribution in [2.75, 3.05) is 33.7 Å². The van der Waals surface area contributed by atoms with Crippen LogP contribution in [0.15, 0.2) is 35.3 Å². The molecule has 3 rings (SSSR count). The first-order chi connectivity index (χ1) is 12.7. The van der Waals surface area contributed by atoms with Crippen molar-refractivity contribution >= 4 is 27.4 Å². The molecule has 0 amide bonds. The lowest BCUT2D eigenvalue weighted by molar-refractivity contribution is 0.184. The van der Waals surface area contributed by atoms with Crippen LogP contribution < -0.4 is 10.6 Å². The molecule has 1 atom stereocenters. The fourth-order valence-corrected chi connectivity index (χ4v) is 4.61. The van der Waals surface area contributed by atoms with Gasteiger partial charge in [0.05, 0.1) is 0 Å². The predicted molar refractivity (Wildman–Crippen MR) is 111 cm³/mol. The van der Waals surface area contributed by atoms with E-state index in [4.69, 9.17) is 0 Å². The molecule has 1 aromatic heterocycles. The molecule has 1 heterocycles. The fourth-order valence-electron chi connectivity index (χ4n) is 3.56. The van der Waals surface area contributed by atoms with Gasteiger partial charge in [-0.25, -0.2) is 0 Å². The van der Waals surface area contributed by atoms with Crippen LogP contribution in [-0.2, 0) is 0 Å². The Morgan fingerprint density at radius 3 is 2.81 bits per heavy atom. The predicted octanol–water partition coefficient (Wildman–Crippen LogP) is 2.97. The number of benzene rings is 1. The maximum atomic E-state index is 10.5. The average Bonchev–Trinajstić information content (AvgIpc) is 3.33. The molecular weight excluding hydrogens is 344 g/mol. The van der Waals surface area contributed by atoms with E-state index < -0.39 is 6.10 Å². The Balaban J connectivity index is 1.43. The smallest absolute Gasteiger partial charge is 0.191 e. The minimum atomic E-state index is -0.535. The van der Waals surface area contributed by atoms with E-state index in [1.165, 1.54) is 35.8 Å². The topological polar surface area (TPSA) is 59.9 Å². The molecule has 1 fully saturated rings. The highest BCUT2D eigenvalue weighted by molar-refractivity contribution is 7.19. The number of hydrogen-bond acceptors (Lipinski definition) is 4. The molecule has 3 N–H and O–H groups in total. The number of aliphatic hydroxyl groups excluding tert-OH is 1. The van der Waals surface area contributed by atoms with Crippen molar-refractivity contribution in [1.29, 1.82) is 0 Å². The SMILES string of the molecule is CN=C(NCCN(C)C1CCCC1)NCC(O)c1cc2ccccc2s1. The summed E-state index contributed by atoms with van der Waals surface area (Å²) in [6.45, 7) is 2.31. The van der Waals surface area contributed by atoms with Gasteiger partial charge in [-0.15, -0.1) is 11.3 Å². The average molecular weight is 375 g/mol. The Morgan fingerprint density at radius 1 is 1.31 bits per heavy atom. The highest BCUT2D eigenvalue weighted by Crippen LogP contribution is 2.29. The monoisotopic (exact) mass is 374 g/mol. The molecule has 6 heteroatoms. The Hall–Kier alpha value is -1.63. The van der Waals surface area contributed by atoms with Crippen LogP contribution in [0.25, 0.3) is 10.1 Å². The van der Waals surface area contributed by atoms with Crippen LogP contribution in [-0.4, -0.2) is 55.7 Å². The highest BCUT2D eigenvalue weighted by Gasteiger charge is 2.19. The van der Waals surface area contributed by atoms with Gasteiger partial charge in [0, 0.05) is 42.3 Å². The van der Waals surface area contributed by atoms with E-state index in [1.807, 2.05) is 12.1 Å². The number of likely N-dealkylation sites (N-methyl/N-ethyl adjacent to an activating group) is 1. The Morgan fingerprint density at radius 2 is 2.08 bits per heavy atom. The van der Waals surface area contributed by atoms with Crippen LogP contribution in [0.2, 0.25) is 0 Å². The first-order valence-electron chi connectivity index (χ1n) is 9.48. The van der Waals surface area contributed by atoms with Gasteiger partial charge in [-0.3, -0.25) is 4.99 Å². The first kappa shape index (κ1) is 19.1. The third-order valence-corrected chi connectivity index (χ3v) is 6.38. The van der Waals surface area contributed by atoms with E-state index in [9.17, 15) is 5.11 Å². The molecule has 2 aromatic rings. The van der Waals surface area contributed by atoms with Gasteiger partial charge in [-0.05, 0) is 37.4 Å². The van der Waals surface area contributed by atoms with E-state index in [0.717, 1.165) is 30.0 Å². The summed E-state index contributed by atoms with van der Waals surface area (Å²) in [6.07, 6.45) is 4.84. The molecule has 0 bridgehead atoms. The van der Waals surface area contributed by atoms with Crippen molar-refractivity contribution in [3.8, 4) is 0 Å². The second kappa shape index (κ2) is 9.35. The molecule has 1 aromatic carbocycles. The lowest BCUT2D eigenvalue weighted by Crippen LogP contribution is -2.43. The van der Waals surface area contributed by atoms with Crippen LogP contribution in [0.1, 0.15) is 36.7 Å². The van der Waals surface area contributed by atoms with Crippen molar-refractivity contribution < 1.29 is 5.11 Å². The summed E-state index contributed by atoms with van der Waals surface area (Å²) < 4.78 is 1.21. The van der Waals surface area contributed by atoms with Crippen molar-refractivity contribution in [2.24, 2.45) is 4.99 Å². The molecule has 0 spiro atoms. The normalized spacial score (nSPS) is 17.2. The number of aliphatic hydroxyl groups is 1. The van der Waals surface area contributed by atoms with E-state index >= 15 is 0 Å². The number of guanidine groups is 1. The minimum Gasteiger partial charge on any atom is -0.386 e. The van der Waals surface area contributed by atoms with Gasteiger partial charge in [-0.2, -0.15) is 0 Å². The van der Waals surface area contributed by atoms with Crippen molar-refractivity contribution in [3.05, 3.63) is 35.2 Å². The van der Waals surface area contributed by atoms with Crippen molar-refractivity contribution in [2.45, 2.75) is 37.8 Å². The van der Waals surface area contributed by atoms with Gasteiger partial charge in [0.15, 0.2) is 5.96 Å². The van der Waals surface area contributed by atoms with E-state index in [2.05, 4.69) is 45.8 Å². The zero-order chi connectivity index (χ0) is 18.4. The molecule has 1 aliphatic carbocycles. The number of hydrogen-bond donors (Lipinski definition) is 3. The number of rotatable bonds is 7. The molecule has 0 saturated heterocycles. The van der Waals surface area contributed by atoms with Crippen molar-refractivity contribution in [3.63, 3.8) is 0 Å². The van der Waals surface area contributed by atoms with Gasteiger partial charge < -0.3 is 20.6 Å². The zero-order valence-electron chi connectivity index (χ0n) is 15.7. The quantitative estimate of drug-likeness (QED) is 0.515. The van der Waals surface area contributed by atoms with Crippen LogP contribution in [0.4, 0.5) is 0 Å². The number of thiophene rings is 1. The van der Waals surface area contributed by atoms with E-state index in [0.29, 0.717) is 6.54 Å². The molecule has 0 radical (unpaired) electrons. The Bertz CT molecular complexity index is 690. The van der Waals surface area contributed by atoms with E-state index in [1.54, 1.807) is 18.4 Å². The second-order valence-corrected chi connectivity index (χ2v) is 8.12. The van der Waals surface area contributed by atoms with Crippen LogP contribution >= 0.6 is 11.3 Å². The number of nitrogens with one attached hydrogen (secondary N) is 2. The molecular formula is C20H30N4OS. The number of nitrogens with zero attached hydrogens (tertiary/aromatic N) is 2. The Kier molecular flexibility index (Phi) is 6.88. The molecule has 1 aliphatic rings. The van der Waals surface area contributed by atoms with Gasteiger partial charge in [0.2, 0.25) is 0 Å². The van der Waals surface area contributed by atoms with Gasteiger partial charge in [-0.1, -0.05) is 31.0 Å². The lowest BCUT2D eigenvalue weighted by atomic mass is 10.2. The van der Waals surface area contributed by atoms with Crippen LogP contribution in [0.3, 0.4) is 0 Å². The molecule has 1 saturated carbocycles. The third kappa shape index (κ3) is 4.96. The summed E-state index contributed by atoms with van der Waals surface area (Å²) in [5.74, 6) is 0.741. The summed E-state index contributed by atoms with van der Waals surface area (Å²) in [5.41, 5.74) is 0. The van der Waals surface area contributed by atoms with E-state index in [-0.39, 0.29) is 0 Å². The first-order valence-corrected chi connectivity index (χ1v) is 10.3. The molecule has 26 heavy (non-hydrogen) atoms. The Labute approximate surface area is 160 Å². The molecule has 5 nitrogen and oxygen atoms in total. The molecule has 0 aliphatic heterocycles. The zero-order valence-corrected chi connectivity index (χ0v) is 16.6. The summed E-state index contributed by atoms with van der Waals surface area (Å²) in [6, 6.07) is 11.0. The standard InChI is InChI=1S/C20H30N4OS/c1-21-20(22-11-12-24(2)16-8-4-5-9-16)23-14-17(25)19-13-15-7-3-6-10-18(15)26-19/h3,6-7,10,13,16-17,25H,4-5,8-9,11-12,14H2,1-2H3,(H2,21,22,23). The summed E-state index contributed by atoms with van der Waals surface area (Å²) in [5, 5.41) is 18.2. The molecule has 142 valence electrons. The van der Waals surface area contributed by atoms with Gasteiger partial charge in [0.1, 0.15) is 6.10 Å². The fraction of sp³-hybridized carbons (Fsp3) is 0.550. The number of fused-ring (bicyclic) bond motifs is 1. The van der Waals surface area contributed by atoms with Crippen LogP contribution in [0.5, 0.6) is 0 Å². The lowest BCUT2D eigenvalue weighted by Gasteiger charge is -2.24. The largest absolute Gasteiger partial charge is 0.386 e. The summed E-state index contributed by atoms with van der Waals surface area (Å²) >= 11 is 1.64. The summed E-state index contributed by atoms with van der Waals surface area (Å²) in [7, 11) is 3.97.